The Kier molecular flexibility index (Phi) is 4.27. The first-order valence-corrected chi connectivity index (χ1v) is 6.20. The highest BCUT2D eigenvalue weighted by Crippen LogP contribution is 2.26. The normalized spacial score (nSPS) is 20.0. The molecule has 2 rings (SSSR count). The van der Waals surface area contributed by atoms with Crippen LogP contribution >= 0.6 is 0 Å². The lowest BCUT2D eigenvalue weighted by Gasteiger charge is -2.37. The molecule has 1 heterocycles. The second-order valence-corrected chi connectivity index (χ2v) is 4.73. The number of benzene rings is 1. The SMILES string of the molecule is CN1CCN(C(CN)c2c(F)cccc2F)CC1. The fraction of sp³-hybridized carbons (Fsp3) is 0.538. The van der Waals surface area contributed by atoms with Crippen LogP contribution in [0.1, 0.15) is 11.6 Å². The Morgan fingerprint density at radius 2 is 1.72 bits per heavy atom. The summed E-state index contributed by atoms with van der Waals surface area (Å²) in [5.74, 6) is -1.02. The molecular weight excluding hydrogens is 236 g/mol. The van der Waals surface area contributed by atoms with Gasteiger partial charge in [0.15, 0.2) is 0 Å². The van der Waals surface area contributed by atoms with Crippen LogP contribution < -0.4 is 5.73 Å². The molecular formula is C13H19F2N3. The van der Waals surface area contributed by atoms with E-state index in [1.807, 2.05) is 7.05 Å². The van der Waals surface area contributed by atoms with Crippen LogP contribution in [0.3, 0.4) is 0 Å². The van der Waals surface area contributed by atoms with Crippen molar-refractivity contribution >= 4 is 0 Å². The average Bonchev–Trinajstić information content (AvgIpc) is 2.35. The number of likely N-dealkylation sites (N-methyl/N-ethyl adjacent to an activating group) is 1. The van der Waals surface area contributed by atoms with Gasteiger partial charge in [-0.3, -0.25) is 4.90 Å². The summed E-state index contributed by atoms with van der Waals surface area (Å²) in [6.07, 6.45) is 0. The largest absolute Gasteiger partial charge is 0.329 e. The Hall–Kier alpha value is -1.04. The van der Waals surface area contributed by atoms with E-state index in [2.05, 4.69) is 9.80 Å². The molecule has 0 saturated carbocycles. The molecule has 1 unspecified atom stereocenters. The lowest BCUT2D eigenvalue weighted by atomic mass is 10.0. The molecule has 0 amide bonds. The Balaban J connectivity index is 2.23. The van der Waals surface area contributed by atoms with Gasteiger partial charge in [0.2, 0.25) is 0 Å². The van der Waals surface area contributed by atoms with E-state index >= 15 is 0 Å². The molecule has 1 aliphatic rings. The molecule has 0 aliphatic carbocycles. The first kappa shape index (κ1) is 13.4. The number of nitrogens with zero attached hydrogens (tertiary/aromatic N) is 2. The molecule has 5 heteroatoms. The van der Waals surface area contributed by atoms with Crippen molar-refractivity contribution < 1.29 is 8.78 Å². The highest BCUT2D eigenvalue weighted by Gasteiger charge is 2.27. The van der Waals surface area contributed by atoms with Crippen LogP contribution in [0.2, 0.25) is 0 Å². The smallest absolute Gasteiger partial charge is 0.130 e. The fourth-order valence-electron chi connectivity index (χ4n) is 2.41. The molecule has 0 spiro atoms. The topological polar surface area (TPSA) is 32.5 Å². The average molecular weight is 255 g/mol. The highest BCUT2D eigenvalue weighted by molar-refractivity contribution is 5.24. The molecule has 3 nitrogen and oxygen atoms in total. The van der Waals surface area contributed by atoms with E-state index < -0.39 is 11.6 Å². The number of piperazine rings is 1. The number of nitrogens with two attached hydrogens (primary N) is 1. The van der Waals surface area contributed by atoms with Crippen molar-refractivity contribution in [2.45, 2.75) is 6.04 Å². The van der Waals surface area contributed by atoms with Gasteiger partial charge in [-0.25, -0.2) is 8.78 Å². The quantitative estimate of drug-likeness (QED) is 0.881. The van der Waals surface area contributed by atoms with Crippen molar-refractivity contribution in [2.75, 3.05) is 39.8 Å². The molecule has 1 aliphatic heterocycles. The van der Waals surface area contributed by atoms with E-state index in [1.54, 1.807) is 0 Å². The summed E-state index contributed by atoms with van der Waals surface area (Å²) in [5, 5.41) is 0. The Labute approximate surface area is 106 Å². The maximum absolute atomic E-state index is 13.8. The predicted molar refractivity (Wildman–Crippen MR) is 67.2 cm³/mol. The molecule has 2 N–H and O–H groups in total. The van der Waals surface area contributed by atoms with E-state index in [-0.39, 0.29) is 18.2 Å². The predicted octanol–water partition coefficient (Wildman–Crippen LogP) is 1.21. The number of rotatable bonds is 3. The fourth-order valence-corrected chi connectivity index (χ4v) is 2.41. The van der Waals surface area contributed by atoms with Gasteiger partial charge in [0.1, 0.15) is 11.6 Å². The van der Waals surface area contributed by atoms with Gasteiger partial charge in [-0.05, 0) is 19.2 Å². The van der Waals surface area contributed by atoms with Crippen LogP contribution in [0.5, 0.6) is 0 Å². The lowest BCUT2D eigenvalue weighted by molar-refractivity contribution is 0.111. The molecule has 1 atom stereocenters. The van der Waals surface area contributed by atoms with Crippen LogP contribution in [0.25, 0.3) is 0 Å². The molecule has 1 fully saturated rings. The minimum atomic E-state index is -0.510. The van der Waals surface area contributed by atoms with Crippen LogP contribution in [-0.2, 0) is 0 Å². The minimum absolute atomic E-state index is 0.101. The van der Waals surface area contributed by atoms with Crippen molar-refractivity contribution in [1.82, 2.24) is 9.80 Å². The van der Waals surface area contributed by atoms with Crippen molar-refractivity contribution in [3.8, 4) is 0 Å². The zero-order valence-corrected chi connectivity index (χ0v) is 10.6. The third-order valence-electron chi connectivity index (χ3n) is 3.53. The molecule has 100 valence electrons. The number of hydrogen-bond acceptors (Lipinski definition) is 3. The maximum atomic E-state index is 13.8. The standard InChI is InChI=1S/C13H19F2N3/c1-17-5-7-18(8-6-17)12(9-16)13-10(14)3-2-4-11(13)15/h2-4,12H,5-9,16H2,1H3. The number of halogens is 2. The summed E-state index contributed by atoms with van der Waals surface area (Å²) in [6, 6.07) is 3.58. The van der Waals surface area contributed by atoms with Gasteiger partial charge < -0.3 is 10.6 Å². The van der Waals surface area contributed by atoms with Crippen molar-refractivity contribution in [1.29, 1.82) is 0 Å². The summed E-state index contributed by atoms with van der Waals surface area (Å²) in [6.45, 7) is 3.58. The zero-order valence-electron chi connectivity index (χ0n) is 10.6. The van der Waals surface area contributed by atoms with Crippen molar-refractivity contribution in [3.05, 3.63) is 35.4 Å². The van der Waals surface area contributed by atoms with E-state index in [4.69, 9.17) is 5.73 Å². The minimum Gasteiger partial charge on any atom is -0.329 e. The van der Waals surface area contributed by atoms with Gasteiger partial charge >= 0.3 is 0 Å². The van der Waals surface area contributed by atoms with Gasteiger partial charge in [0.25, 0.3) is 0 Å². The Morgan fingerprint density at radius 3 is 2.22 bits per heavy atom. The lowest BCUT2D eigenvalue weighted by Crippen LogP contribution is -2.47. The van der Waals surface area contributed by atoms with Gasteiger partial charge in [0, 0.05) is 38.3 Å². The summed E-state index contributed by atoms with van der Waals surface area (Å²) in [7, 11) is 2.04. The van der Waals surface area contributed by atoms with Crippen molar-refractivity contribution in [3.63, 3.8) is 0 Å². The first-order chi connectivity index (χ1) is 8.63. The van der Waals surface area contributed by atoms with Crippen LogP contribution in [0.15, 0.2) is 18.2 Å². The zero-order chi connectivity index (χ0) is 13.1. The van der Waals surface area contributed by atoms with E-state index in [9.17, 15) is 8.78 Å². The van der Waals surface area contributed by atoms with E-state index in [0.717, 1.165) is 26.2 Å². The molecule has 0 bridgehead atoms. The van der Waals surface area contributed by atoms with Gasteiger partial charge in [0.05, 0.1) is 6.04 Å². The van der Waals surface area contributed by atoms with E-state index in [1.165, 1.54) is 18.2 Å². The second kappa shape index (κ2) is 5.73. The van der Waals surface area contributed by atoms with Crippen LogP contribution in [0.4, 0.5) is 8.78 Å². The Morgan fingerprint density at radius 1 is 1.17 bits per heavy atom. The molecule has 1 aromatic carbocycles. The molecule has 18 heavy (non-hydrogen) atoms. The van der Waals surface area contributed by atoms with Crippen LogP contribution in [-0.4, -0.2) is 49.6 Å². The van der Waals surface area contributed by atoms with Gasteiger partial charge in [-0.2, -0.15) is 0 Å². The number of hydrogen-bond donors (Lipinski definition) is 1. The first-order valence-electron chi connectivity index (χ1n) is 6.20. The molecule has 0 radical (unpaired) electrons. The summed E-state index contributed by atoms with van der Waals surface area (Å²) in [4.78, 5) is 4.25. The monoisotopic (exact) mass is 255 g/mol. The van der Waals surface area contributed by atoms with Crippen molar-refractivity contribution in [2.24, 2.45) is 5.73 Å². The molecule has 0 aromatic heterocycles. The highest BCUT2D eigenvalue weighted by atomic mass is 19.1. The third-order valence-corrected chi connectivity index (χ3v) is 3.53. The van der Waals surface area contributed by atoms with Crippen LogP contribution in [0, 0.1) is 11.6 Å². The molecule has 1 saturated heterocycles. The maximum Gasteiger partial charge on any atom is 0.130 e. The van der Waals surface area contributed by atoms with E-state index in [0.29, 0.717) is 0 Å². The summed E-state index contributed by atoms with van der Waals surface area (Å²) >= 11 is 0. The van der Waals surface area contributed by atoms with Gasteiger partial charge in [-0.1, -0.05) is 6.07 Å². The second-order valence-electron chi connectivity index (χ2n) is 4.73. The molecule has 1 aromatic rings. The van der Waals surface area contributed by atoms with Gasteiger partial charge in [-0.15, -0.1) is 0 Å². The summed E-state index contributed by atoms with van der Waals surface area (Å²) in [5.41, 5.74) is 5.82. The third kappa shape index (κ3) is 2.68. The summed E-state index contributed by atoms with van der Waals surface area (Å²) < 4.78 is 27.6. The Bertz CT molecular complexity index is 383.